The van der Waals surface area contributed by atoms with E-state index < -0.39 is 0 Å². The summed E-state index contributed by atoms with van der Waals surface area (Å²) in [5.74, 6) is 1.50. The molecule has 0 aliphatic carbocycles. The molecule has 0 atom stereocenters. The molecule has 2 aromatic carbocycles. The molecular weight excluding hydrogens is 260 g/mol. The molecule has 0 bridgehead atoms. The second kappa shape index (κ2) is 6.29. The van der Waals surface area contributed by atoms with Gasteiger partial charge in [0.25, 0.3) is 0 Å². The molecule has 0 aromatic heterocycles. The van der Waals surface area contributed by atoms with Crippen LogP contribution in [0.3, 0.4) is 0 Å². The Morgan fingerprint density at radius 3 is 2.16 bits per heavy atom. The van der Waals surface area contributed by atoms with Gasteiger partial charge in [0.2, 0.25) is 0 Å². The van der Waals surface area contributed by atoms with Crippen LogP contribution in [0, 0.1) is 0 Å². The van der Waals surface area contributed by atoms with Gasteiger partial charge < -0.3 is 9.47 Å². The highest BCUT2D eigenvalue weighted by atomic mass is 32.2. The fourth-order valence-electron chi connectivity index (χ4n) is 1.61. The summed E-state index contributed by atoms with van der Waals surface area (Å²) in [4.78, 5) is 13.1. The third kappa shape index (κ3) is 3.29. The van der Waals surface area contributed by atoms with E-state index in [1.807, 2.05) is 36.4 Å². The predicted octanol–water partition coefficient (Wildman–Crippen LogP) is 3.67. The summed E-state index contributed by atoms with van der Waals surface area (Å²) in [5, 5.41) is 0. The van der Waals surface area contributed by atoms with Crippen LogP contribution in [0.15, 0.2) is 52.3 Å². The number of benzene rings is 2. The van der Waals surface area contributed by atoms with Crippen LogP contribution in [0.4, 0.5) is 0 Å². The SMILES string of the molecule is COc1ccc(Sc2ccc(OC)cc2C=O)cc1. The summed E-state index contributed by atoms with van der Waals surface area (Å²) < 4.78 is 10.2. The molecule has 0 unspecified atom stereocenters. The fraction of sp³-hybridized carbons (Fsp3) is 0.133. The van der Waals surface area contributed by atoms with Crippen LogP contribution in [0.1, 0.15) is 10.4 Å². The molecule has 0 aliphatic rings. The fourth-order valence-corrected chi connectivity index (χ4v) is 2.50. The molecule has 0 amide bonds. The van der Waals surface area contributed by atoms with Crippen LogP contribution in [-0.4, -0.2) is 20.5 Å². The van der Waals surface area contributed by atoms with Gasteiger partial charge in [-0.05, 0) is 42.5 Å². The minimum atomic E-state index is 0.625. The van der Waals surface area contributed by atoms with Gasteiger partial charge in [-0.1, -0.05) is 11.8 Å². The van der Waals surface area contributed by atoms with Crippen LogP contribution in [0.2, 0.25) is 0 Å². The zero-order chi connectivity index (χ0) is 13.7. The monoisotopic (exact) mass is 274 g/mol. The summed E-state index contributed by atoms with van der Waals surface area (Å²) >= 11 is 1.53. The van der Waals surface area contributed by atoms with Crippen molar-refractivity contribution in [2.75, 3.05) is 14.2 Å². The molecule has 2 rings (SSSR count). The topological polar surface area (TPSA) is 35.5 Å². The molecule has 0 saturated heterocycles. The highest BCUT2D eigenvalue weighted by molar-refractivity contribution is 7.99. The van der Waals surface area contributed by atoms with E-state index in [-0.39, 0.29) is 0 Å². The van der Waals surface area contributed by atoms with Gasteiger partial charge in [-0.15, -0.1) is 0 Å². The second-order valence-corrected chi connectivity index (χ2v) is 4.91. The zero-order valence-electron chi connectivity index (χ0n) is 10.8. The van der Waals surface area contributed by atoms with Gasteiger partial charge in [-0.3, -0.25) is 4.79 Å². The third-order valence-corrected chi connectivity index (χ3v) is 3.73. The first-order valence-corrected chi connectivity index (χ1v) is 6.53. The largest absolute Gasteiger partial charge is 0.497 e. The van der Waals surface area contributed by atoms with Gasteiger partial charge in [0.05, 0.1) is 14.2 Å². The Kier molecular flexibility index (Phi) is 4.47. The number of methoxy groups -OCH3 is 2. The molecule has 0 radical (unpaired) electrons. The van der Waals surface area contributed by atoms with Crippen LogP contribution in [-0.2, 0) is 0 Å². The molecule has 0 aliphatic heterocycles. The van der Waals surface area contributed by atoms with Crippen molar-refractivity contribution in [2.24, 2.45) is 0 Å². The molecule has 0 heterocycles. The second-order valence-electron chi connectivity index (χ2n) is 3.80. The molecule has 0 N–H and O–H groups in total. The average molecular weight is 274 g/mol. The first-order valence-electron chi connectivity index (χ1n) is 5.72. The first-order chi connectivity index (χ1) is 9.26. The van der Waals surface area contributed by atoms with Gasteiger partial charge in [-0.25, -0.2) is 0 Å². The van der Waals surface area contributed by atoms with Crippen LogP contribution in [0.25, 0.3) is 0 Å². The highest BCUT2D eigenvalue weighted by Gasteiger charge is 2.06. The van der Waals surface area contributed by atoms with Crippen molar-refractivity contribution in [3.05, 3.63) is 48.0 Å². The predicted molar refractivity (Wildman–Crippen MR) is 75.5 cm³/mol. The molecular formula is C15H14O3S. The van der Waals surface area contributed by atoms with Crippen molar-refractivity contribution in [3.8, 4) is 11.5 Å². The number of rotatable bonds is 5. The maximum atomic E-state index is 11.1. The number of ether oxygens (including phenoxy) is 2. The molecule has 98 valence electrons. The van der Waals surface area contributed by atoms with E-state index in [2.05, 4.69) is 0 Å². The quantitative estimate of drug-likeness (QED) is 0.779. The summed E-state index contributed by atoms with van der Waals surface area (Å²) in [5.41, 5.74) is 0.625. The Morgan fingerprint density at radius 2 is 1.58 bits per heavy atom. The minimum absolute atomic E-state index is 0.625. The van der Waals surface area contributed by atoms with Crippen molar-refractivity contribution in [1.29, 1.82) is 0 Å². The van der Waals surface area contributed by atoms with Gasteiger partial charge in [0, 0.05) is 15.4 Å². The third-order valence-electron chi connectivity index (χ3n) is 2.63. The van der Waals surface area contributed by atoms with Crippen LogP contribution < -0.4 is 9.47 Å². The van der Waals surface area contributed by atoms with E-state index in [1.54, 1.807) is 20.3 Å². The maximum absolute atomic E-state index is 11.1. The highest BCUT2D eigenvalue weighted by Crippen LogP contribution is 2.32. The van der Waals surface area contributed by atoms with Crippen molar-refractivity contribution >= 4 is 18.0 Å². The van der Waals surface area contributed by atoms with Crippen molar-refractivity contribution in [3.63, 3.8) is 0 Å². The van der Waals surface area contributed by atoms with E-state index in [1.165, 1.54) is 11.8 Å². The Labute approximate surface area is 116 Å². The standard InChI is InChI=1S/C15H14O3S/c1-17-12-3-6-14(7-4-12)19-15-8-5-13(18-2)9-11(15)10-16/h3-10H,1-2H3. The van der Waals surface area contributed by atoms with E-state index in [0.717, 1.165) is 21.8 Å². The Bertz CT molecular complexity index is 564. The minimum Gasteiger partial charge on any atom is -0.497 e. The summed E-state index contributed by atoms with van der Waals surface area (Å²) in [6.07, 6.45) is 0.842. The number of carbonyl (C=O) groups is 1. The first kappa shape index (κ1) is 13.5. The summed E-state index contributed by atoms with van der Waals surface area (Å²) in [6, 6.07) is 13.2. The summed E-state index contributed by atoms with van der Waals surface area (Å²) in [6.45, 7) is 0. The Morgan fingerprint density at radius 1 is 0.947 bits per heavy atom. The molecule has 4 heteroatoms. The van der Waals surface area contributed by atoms with Gasteiger partial charge in [0.15, 0.2) is 6.29 Å². The molecule has 3 nitrogen and oxygen atoms in total. The lowest BCUT2D eigenvalue weighted by atomic mass is 10.2. The van der Waals surface area contributed by atoms with Crippen molar-refractivity contribution in [2.45, 2.75) is 9.79 Å². The normalized spacial score (nSPS) is 10.0. The van der Waals surface area contributed by atoms with E-state index in [9.17, 15) is 4.79 Å². The van der Waals surface area contributed by atoms with E-state index in [4.69, 9.17) is 9.47 Å². The number of aldehydes is 1. The average Bonchev–Trinajstić information content (AvgIpc) is 2.48. The Balaban J connectivity index is 2.24. The Hall–Kier alpha value is -1.94. The molecule has 0 fully saturated rings. The molecule has 2 aromatic rings. The number of hydrogen-bond donors (Lipinski definition) is 0. The van der Waals surface area contributed by atoms with Crippen LogP contribution >= 0.6 is 11.8 Å². The lowest BCUT2D eigenvalue weighted by Crippen LogP contribution is -1.89. The van der Waals surface area contributed by atoms with Crippen molar-refractivity contribution in [1.82, 2.24) is 0 Å². The van der Waals surface area contributed by atoms with Crippen LogP contribution in [0.5, 0.6) is 11.5 Å². The number of carbonyl (C=O) groups excluding carboxylic acids is 1. The van der Waals surface area contributed by atoms with E-state index >= 15 is 0 Å². The molecule has 19 heavy (non-hydrogen) atoms. The number of hydrogen-bond acceptors (Lipinski definition) is 4. The molecule has 0 saturated carbocycles. The lowest BCUT2D eigenvalue weighted by Gasteiger charge is -2.07. The van der Waals surface area contributed by atoms with Gasteiger partial charge in [-0.2, -0.15) is 0 Å². The lowest BCUT2D eigenvalue weighted by molar-refractivity contribution is 0.112. The van der Waals surface area contributed by atoms with Crippen molar-refractivity contribution < 1.29 is 14.3 Å². The maximum Gasteiger partial charge on any atom is 0.151 e. The van der Waals surface area contributed by atoms with Gasteiger partial charge >= 0.3 is 0 Å². The smallest absolute Gasteiger partial charge is 0.151 e. The molecule has 0 spiro atoms. The van der Waals surface area contributed by atoms with Gasteiger partial charge in [0.1, 0.15) is 11.5 Å². The summed E-state index contributed by atoms with van der Waals surface area (Å²) in [7, 11) is 3.22. The zero-order valence-corrected chi connectivity index (χ0v) is 11.6. The van der Waals surface area contributed by atoms with E-state index in [0.29, 0.717) is 11.3 Å².